The zero-order chi connectivity index (χ0) is 14.6. The Bertz CT molecular complexity index is 328. The zero-order valence-electron chi connectivity index (χ0n) is 13.1. The molecular formula is C16H30N2O2. The Kier molecular flexibility index (Phi) is 5.44. The van der Waals surface area contributed by atoms with Crippen molar-refractivity contribution in [3.63, 3.8) is 0 Å². The van der Waals surface area contributed by atoms with Crippen molar-refractivity contribution in [3.05, 3.63) is 0 Å². The molecule has 0 aromatic heterocycles. The largest absolute Gasteiger partial charge is 0.465 e. The molecule has 0 saturated heterocycles. The Morgan fingerprint density at radius 1 is 1.30 bits per heavy atom. The van der Waals surface area contributed by atoms with E-state index in [0.29, 0.717) is 12.6 Å². The third-order valence-electron chi connectivity index (χ3n) is 5.10. The SMILES string of the molecule is CCOC(=O)C1(N)CCC(N(C)CC2CCCCC2)C1. The second-order valence-electron chi connectivity index (χ2n) is 6.72. The van der Waals surface area contributed by atoms with Crippen molar-refractivity contribution in [1.29, 1.82) is 0 Å². The van der Waals surface area contributed by atoms with Gasteiger partial charge in [0.25, 0.3) is 0 Å². The smallest absolute Gasteiger partial charge is 0.326 e. The Morgan fingerprint density at radius 2 is 2.00 bits per heavy atom. The first-order valence-corrected chi connectivity index (χ1v) is 8.21. The standard InChI is InChI=1S/C16H30N2O2/c1-3-20-15(19)16(17)10-9-14(11-16)18(2)12-13-7-5-4-6-8-13/h13-14H,3-12,17H2,1-2H3. The van der Waals surface area contributed by atoms with Crippen LogP contribution >= 0.6 is 0 Å². The van der Waals surface area contributed by atoms with Gasteiger partial charge in [-0.3, -0.25) is 4.79 Å². The number of hydrogen-bond donors (Lipinski definition) is 1. The van der Waals surface area contributed by atoms with E-state index in [2.05, 4.69) is 11.9 Å². The van der Waals surface area contributed by atoms with Gasteiger partial charge in [-0.05, 0) is 52.0 Å². The molecule has 2 rings (SSSR count). The maximum atomic E-state index is 12.0. The normalized spacial score (nSPS) is 31.7. The molecule has 0 bridgehead atoms. The zero-order valence-corrected chi connectivity index (χ0v) is 13.1. The highest BCUT2D eigenvalue weighted by Gasteiger charge is 2.44. The molecule has 0 heterocycles. The Balaban J connectivity index is 1.83. The Hall–Kier alpha value is -0.610. The Morgan fingerprint density at radius 3 is 2.65 bits per heavy atom. The summed E-state index contributed by atoms with van der Waals surface area (Å²) in [6, 6.07) is 0.436. The number of carbonyl (C=O) groups excluding carboxylic acids is 1. The average molecular weight is 282 g/mol. The monoisotopic (exact) mass is 282 g/mol. The van der Waals surface area contributed by atoms with E-state index in [1.165, 1.54) is 32.1 Å². The molecule has 2 N–H and O–H groups in total. The lowest BCUT2D eigenvalue weighted by molar-refractivity contribution is -0.149. The van der Waals surface area contributed by atoms with Crippen molar-refractivity contribution < 1.29 is 9.53 Å². The van der Waals surface area contributed by atoms with Crippen molar-refractivity contribution in [3.8, 4) is 0 Å². The molecule has 0 amide bonds. The molecule has 2 saturated carbocycles. The molecule has 0 aliphatic heterocycles. The molecule has 2 aliphatic rings. The summed E-state index contributed by atoms with van der Waals surface area (Å²) in [6.45, 7) is 3.41. The van der Waals surface area contributed by atoms with Crippen molar-refractivity contribution in [1.82, 2.24) is 4.90 Å². The third kappa shape index (κ3) is 3.73. The Labute approximate surface area is 123 Å². The summed E-state index contributed by atoms with van der Waals surface area (Å²) < 4.78 is 5.12. The van der Waals surface area contributed by atoms with Crippen LogP contribution < -0.4 is 5.73 Å². The van der Waals surface area contributed by atoms with E-state index in [-0.39, 0.29) is 5.97 Å². The van der Waals surface area contributed by atoms with Crippen LogP contribution in [0.2, 0.25) is 0 Å². The number of nitrogens with zero attached hydrogens (tertiary/aromatic N) is 1. The van der Waals surface area contributed by atoms with Crippen molar-refractivity contribution in [2.24, 2.45) is 11.7 Å². The molecule has 4 heteroatoms. The second kappa shape index (κ2) is 6.90. The van der Waals surface area contributed by atoms with Gasteiger partial charge in [-0.1, -0.05) is 19.3 Å². The fraction of sp³-hybridized carbons (Fsp3) is 0.938. The molecule has 0 aromatic rings. The van der Waals surface area contributed by atoms with Crippen LogP contribution in [0.4, 0.5) is 0 Å². The van der Waals surface area contributed by atoms with E-state index in [9.17, 15) is 4.79 Å². The van der Waals surface area contributed by atoms with Gasteiger partial charge in [0.05, 0.1) is 6.61 Å². The van der Waals surface area contributed by atoms with Gasteiger partial charge in [0.15, 0.2) is 0 Å². The van der Waals surface area contributed by atoms with Gasteiger partial charge < -0.3 is 15.4 Å². The summed E-state index contributed by atoms with van der Waals surface area (Å²) in [5, 5.41) is 0. The van der Waals surface area contributed by atoms with Crippen LogP contribution in [0.25, 0.3) is 0 Å². The fourth-order valence-electron chi connectivity index (χ4n) is 3.81. The molecule has 0 aromatic carbocycles. The lowest BCUT2D eigenvalue weighted by Crippen LogP contribution is -2.48. The van der Waals surface area contributed by atoms with E-state index in [0.717, 1.165) is 31.7 Å². The lowest BCUT2D eigenvalue weighted by atomic mass is 9.88. The first kappa shape index (κ1) is 15.8. The van der Waals surface area contributed by atoms with Crippen LogP contribution in [0.3, 0.4) is 0 Å². The molecule has 4 nitrogen and oxygen atoms in total. The number of hydrogen-bond acceptors (Lipinski definition) is 4. The van der Waals surface area contributed by atoms with Crippen molar-refractivity contribution >= 4 is 5.97 Å². The summed E-state index contributed by atoms with van der Waals surface area (Å²) in [4.78, 5) is 14.4. The van der Waals surface area contributed by atoms with Gasteiger partial charge in [0.1, 0.15) is 5.54 Å². The van der Waals surface area contributed by atoms with Crippen LogP contribution in [-0.2, 0) is 9.53 Å². The molecule has 0 spiro atoms. The minimum atomic E-state index is -0.749. The highest BCUT2D eigenvalue weighted by molar-refractivity contribution is 5.81. The molecule has 20 heavy (non-hydrogen) atoms. The van der Waals surface area contributed by atoms with E-state index >= 15 is 0 Å². The maximum Gasteiger partial charge on any atom is 0.326 e. The van der Waals surface area contributed by atoms with Crippen LogP contribution in [0.1, 0.15) is 58.3 Å². The quantitative estimate of drug-likeness (QED) is 0.786. The molecular weight excluding hydrogens is 252 g/mol. The number of esters is 1. The van der Waals surface area contributed by atoms with Gasteiger partial charge in [0.2, 0.25) is 0 Å². The predicted octanol–water partition coefficient (Wildman–Crippen LogP) is 2.31. The second-order valence-corrected chi connectivity index (χ2v) is 6.72. The van der Waals surface area contributed by atoms with Crippen LogP contribution in [-0.4, -0.2) is 42.6 Å². The van der Waals surface area contributed by atoms with Gasteiger partial charge in [-0.15, -0.1) is 0 Å². The van der Waals surface area contributed by atoms with Gasteiger partial charge in [-0.25, -0.2) is 0 Å². The number of ether oxygens (including phenoxy) is 1. The molecule has 116 valence electrons. The maximum absolute atomic E-state index is 12.0. The predicted molar refractivity (Wildman–Crippen MR) is 80.4 cm³/mol. The highest BCUT2D eigenvalue weighted by atomic mass is 16.5. The summed E-state index contributed by atoms with van der Waals surface area (Å²) in [5.74, 6) is 0.623. The molecule has 2 atom stereocenters. The van der Waals surface area contributed by atoms with Crippen molar-refractivity contribution in [2.45, 2.75) is 69.9 Å². The van der Waals surface area contributed by atoms with Gasteiger partial charge >= 0.3 is 5.97 Å². The van der Waals surface area contributed by atoms with Crippen LogP contribution in [0.15, 0.2) is 0 Å². The summed E-state index contributed by atoms with van der Waals surface area (Å²) >= 11 is 0. The summed E-state index contributed by atoms with van der Waals surface area (Å²) in [5.41, 5.74) is 5.50. The van der Waals surface area contributed by atoms with E-state index in [1.807, 2.05) is 6.92 Å². The molecule has 2 aliphatic carbocycles. The fourth-order valence-corrected chi connectivity index (χ4v) is 3.81. The van der Waals surface area contributed by atoms with Gasteiger partial charge in [0, 0.05) is 12.6 Å². The minimum Gasteiger partial charge on any atom is -0.465 e. The van der Waals surface area contributed by atoms with Gasteiger partial charge in [-0.2, -0.15) is 0 Å². The summed E-state index contributed by atoms with van der Waals surface area (Å²) in [7, 11) is 2.19. The highest BCUT2D eigenvalue weighted by Crippen LogP contribution is 2.33. The topological polar surface area (TPSA) is 55.6 Å². The van der Waals surface area contributed by atoms with Crippen molar-refractivity contribution in [2.75, 3.05) is 20.2 Å². The molecule has 2 fully saturated rings. The average Bonchev–Trinajstić information content (AvgIpc) is 2.84. The van der Waals surface area contributed by atoms with E-state index in [1.54, 1.807) is 0 Å². The van der Waals surface area contributed by atoms with E-state index < -0.39 is 5.54 Å². The molecule has 2 unspecified atom stereocenters. The van der Waals surface area contributed by atoms with Crippen LogP contribution in [0.5, 0.6) is 0 Å². The summed E-state index contributed by atoms with van der Waals surface area (Å²) in [6.07, 6.45) is 9.41. The first-order valence-electron chi connectivity index (χ1n) is 8.21. The number of nitrogens with two attached hydrogens (primary N) is 1. The third-order valence-corrected chi connectivity index (χ3v) is 5.10. The minimum absolute atomic E-state index is 0.214. The first-order chi connectivity index (χ1) is 9.55. The van der Waals surface area contributed by atoms with E-state index in [4.69, 9.17) is 10.5 Å². The number of carbonyl (C=O) groups is 1. The molecule has 0 radical (unpaired) electrons. The number of rotatable bonds is 5. The lowest BCUT2D eigenvalue weighted by Gasteiger charge is -2.31. The van der Waals surface area contributed by atoms with Crippen LogP contribution in [0, 0.1) is 5.92 Å².